The van der Waals surface area contributed by atoms with Crippen molar-refractivity contribution in [3.05, 3.63) is 39.7 Å². The number of fused-ring (bicyclic) bond motifs is 1. The fourth-order valence-corrected chi connectivity index (χ4v) is 2.54. The number of carbonyl (C=O) groups excluding carboxylic acids is 1. The molecule has 1 amide bonds. The average Bonchev–Trinajstić information content (AvgIpc) is 2.56. The molecule has 0 radical (unpaired) electrons. The lowest BCUT2D eigenvalue weighted by atomic mass is 10.0. The summed E-state index contributed by atoms with van der Waals surface area (Å²) in [6, 6.07) is 3.99. The lowest BCUT2D eigenvalue weighted by Gasteiger charge is -2.21. The molecule has 0 bridgehead atoms. The highest BCUT2D eigenvalue weighted by molar-refractivity contribution is 5.87. The van der Waals surface area contributed by atoms with Crippen LogP contribution < -0.4 is 15.7 Å². The summed E-state index contributed by atoms with van der Waals surface area (Å²) in [5.74, 6) is -1.54. The van der Waals surface area contributed by atoms with E-state index in [0.29, 0.717) is 16.9 Å². The molecule has 1 aromatic carbocycles. The maximum Gasteiger partial charge on any atom is 0.339 e. The Balaban J connectivity index is 2.19. The third-order valence-corrected chi connectivity index (χ3v) is 4.34. The molecule has 2 unspecified atom stereocenters. The molecule has 2 atom stereocenters. The van der Waals surface area contributed by atoms with Crippen molar-refractivity contribution in [3.63, 3.8) is 0 Å². The first kappa shape index (κ1) is 19.5. The number of rotatable bonds is 6. The van der Waals surface area contributed by atoms with E-state index in [1.165, 1.54) is 6.92 Å². The van der Waals surface area contributed by atoms with Crippen molar-refractivity contribution in [1.82, 2.24) is 5.32 Å². The second kappa shape index (κ2) is 7.59. The number of hydrogen-bond acceptors (Lipinski definition) is 5. The van der Waals surface area contributed by atoms with Gasteiger partial charge in [0.2, 0.25) is 0 Å². The van der Waals surface area contributed by atoms with Gasteiger partial charge in [0.15, 0.2) is 6.10 Å². The predicted molar refractivity (Wildman–Crippen MR) is 96.5 cm³/mol. The highest BCUT2D eigenvalue weighted by Gasteiger charge is 2.26. The van der Waals surface area contributed by atoms with Crippen molar-refractivity contribution in [3.8, 4) is 5.75 Å². The van der Waals surface area contributed by atoms with Gasteiger partial charge in [-0.15, -0.1) is 0 Å². The molecule has 1 heterocycles. The summed E-state index contributed by atoms with van der Waals surface area (Å²) in [5, 5.41) is 12.4. The molecule has 0 spiro atoms. The van der Waals surface area contributed by atoms with E-state index in [1.54, 1.807) is 39.0 Å². The van der Waals surface area contributed by atoms with Gasteiger partial charge >= 0.3 is 11.6 Å². The second-order valence-electron chi connectivity index (χ2n) is 6.63. The molecule has 2 aromatic rings. The van der Waals surface area contributed by atoms with E-state index in [2.05, 4.69) is 5.32 Å². The lowest BCUT2D eigenvalue weighted by Crippen LogP contribution is -2.48. The quantitative estimate of drug-likeness (QED) is 0.766. The Morgan fingerprint density at radius 2 is 1.81 bits per heavy atom. The molecule has 2 rings (SSSR count). The summed E-state index contributed by atoms with van der Waals surface area (Å²) in [4.78, 5) is 35.2. The Labute approximate surface area is 151 Å². The van der Waals surface area contributed by atoms with Gasteiger partial charge in [-0.1, -0.05) is 13.8 Å². The Morgan fingerprint density at radius 1 is 1.15 bits per heavy atom. The summed E-state index contributed by atoms with van der Waals surface area (Å²) in [5.41, 5.74) is 1.33. The molecule has 0 saturated carbocycles. The van der Waals surface area contributed by atoms with Crippen LogP contribution in [0.5, 0.6) is 5.75 Å². The molecule has 26 heavy (non-hydrogen) atoms. The second-order valence-corrected chi connectivity index (χ2v) is 6.63. The van der Waals surface area contributed by atoms with Crippen LogP contribution >= 0.6 is 0 Å². The summed E-state index contributed by atoms with van der Waals surface area (Å²) < 4.78 is 10.9. The van der Waals surface area contributed by atoms with E-state index in [9.17, 15) is 14.4 Å². The number of amides is 1. The third kappa shape index (κ3) is 4.04. The number of benzene rings is 1. The summed E-state index contributed by atoms with van der Waals surface area (Å²) in [6.45, 7) is 8.48. The van der Waals surface area contributed by atoms with Gasteiger partial charge in [-0.05, 0) is 44.4 Å². The Hall–Kier alpha value is -2.83. The van der Waals surface area contributed by atoms with Crippen LogP contribution in [0.15, 0.2) is 27.4 Å². The van der Waals surface area contributed by atoms with Gasteiger partial charge < -0.3 is 19.6 Å². The van der Waals surface area contributed by atoms with Crippen LogP contribution in [0.1, 0.15) is 31.9 Å². The van der Waals surface area contributed by atoms with Gasteiger partial charge in [0.1, 0.15) is 17.4 Å². The lowest BCUT2D eigenvalue weighted by molar-refractivity contribution is -0.144. The summed E-state index contributed by atoms with van der Waals surface area (Å²) in [7, 11) is 0. The number of hydrogen-bond donors (Lipinski definition) is 2. The van der Waals surface area contributed by atoms with Crippen LogP contribution in [0.3, 0.4) is 0 Å². The molecule has 140 valence electrons. The molecule has 0 saturated heterocycles. The molecular weight excluding hydrogens is 338 g/mol. The minimum atomic E-state index is -1.10. The first-order valence-corrected chi connectivity index (χ1v) is 8.35. The van der Waals surface area contributed by atoms with Crippen LogP contribution in [0.25, 0.3) is 11.0 Å². The van der Waals surface area contributed by atoms with E-state index in [1.807, 2.05) is 6.92 Å². The monoisotopic (exact) mass is 361 g/mol. The number of nitrogens with one attached hydrogen (secondary N) is 1. The molecule has 0 aliphatic rings. The smallest absolute Gasteiger partial charge is 0.339 e. The minimum Gasteiger partial charge on any atom is -0.481 e. The van der Waals surface area contributed by atoms with Gasteiger partial charge in [-0.2, -0.15) is 0 Å². The van der Waals surface area contributed by atoms with Crippen molar-refractivity contribution < 1.29 is 23.8 Å². The molecule has 7 heteroatoms. The fourth-order valence-electron chi connectivity index (χ4n) is 2.54. The van der Waals surface area contributed by atoms with E-state index in [0.717, 1.165) is 10.9 Å². The summed E-state index contributed by atoms with van der Waals surface area (Å²) in [6.07, 6.45) is -0.911. The van der Waals surface area contributed by atoms with Gasteiger partial charge in [0, 0.05) is 17.0 Å². The van der Waals surface area contributed by atoms with Crippen molar-refractivity contribution >= 4 is 22.8 Å². The zero-order valence-electron chi connectivity index (χ0n) is 15.5. The number of carboxylic acid groups (broad SMARTS) is 1. The average molecular weight is 361 g/mol. The number of carboxylic acids is 1. The largest absolute Gasteiger partial charge is 0.481 e. The van der Waals surface area contributed by atoms with E-state index in [4.69, 9.17) is 14.3 Å². The van der Waals surface area contributed by atoms with Crippen LogP contribution in [0.4, 0.5) is 0 Å². The Bertz CT molecular complexity index is 899. The number of aliphatic carboxylic acids is 1. The minimum absolute atomic E-state index is 0.259. The first-order valence-electron chi connectivity index (χ1n) is 8.35. The highest BCUT2D eigenvalue weighted by atomic mass is 16.5. The Kier molecular flexibility index (Phi) is 5.69. The number of aryl methyl sites for hydroxylation is 1. The predicted octanol–water partition coefficient (Wildman–Crippen LogP) is 2.40. The normalized spacial score (nSPS) is 13.5. The van der Waals surface area contributed by atoms with Gasteiger partial charge in [0.05, 0.1) is 0 Å². The van der Waals surface area contributed by atoms with Crippen LogP contribution in [-0.4, -0.2) is 29.1 Å². The van der Waals surface area contributed by atoms with Crippen LogP contribution in [0, 0.1) is 19.8 Å². The third-order valence-electron chi connectivity index (χ3n) is 4.34. The molecule has 0 aliphatic carbocycles. The maximum absolute atomic E-state index is 12.2. The molecular formula is C19H23NO6. The van der Waals surface area contributed by atoms with Crippen molar-refractivity contribution in [2.24, 2.45) is 5.92 Å². The van der Waals surface area contributed by atoms with Gasteiger partial charge in [-0.25, -0.2) is 9.59 Å². The molecule has 1 aromatic heterocycles. The zero-order chi connectivity index (χ0) is 19.6. The molecule has 2 N–H and O–H groups in total. The summed E-state index contributed by atoms with van der Waals surface area (Å²) >= 11 is 0. The van der Waals surface area contributed by atoms with Gasteiger partial charge in [-0.3, -0.25) is 4.79 Å². The maximum atomic E-state index is 12.2. The topological polar surface area (TPSA) is 106 Å². The van der Waals surface area contributed by atoms with Crippen molar-refractivity contribution in [1.29, 1.82) is 0 Å². The molecule has 7 nitrogen and oxygen atoms in total. The van der Waals surface area contributed by atoms with E-state index in [-0.39, 0.29) is 5.92 Å². The SMILES string of the molecule is Cc1c(C)c2ccc(OC(C)C(=O)NC(C(=O)O)C(C)C)cc2oc1=O. The standard InChI is InChI=1S/C19H23NO6/c1-9(2)16(18(22)23)20-17(21)12(5)25-13-6-7-14-10(3)11(4)19(24)26-15(14)8-13/h6-9,12,16H,1-5H3,(H,20,21)(H,22,23). The molecule has 0 aliphatic heterocycles. The fraction of sp³-hybridized carbons (Fsp3) is 0.421. The van der Waals surface area contributed by atoms with Crippen molar-refractivity contribution in [2.45, 2.75) is 46.8 Å². The Morgan fingerprint density at radius 3 is 2.38 bits per heavy atom. The zero-order valence-corrected chi connectivity index (χ0v) is 15.5. The first-order chi connectivity index (χ1) is 12.1. The van der Waals surface area contributed by atoms with Crippen molar-refractivity contribution in [2.75, 3.05) is 0 Å². The van der Waals surface area contributed by atoms with E-state index < -0.39 is 29.6 Å². The van der Waals surface area contributed by atoms with Crippen LogP contribution in [0.2, 0.25) is 0 Å². The molecule has 0 fully saturated rings. The van der Waals surface area contributed by atoms with E-state index >= 15 is 0 Å². The number of carbonyl (C=O) groups is 2. The van der Waals surface area contributed by atoms with Gasteiger partial charge in [0.25, 0.3) is 5.91 Å². The highest BCUT2D eigenvalue weighted by Crippen LogP contribution is 2.24. The number of ether oxygens (including phenoxy) is 1. The van der Waals surface area contributed by atoms with Crippen LogP contribution in [-0.2, 0) is 9.59 Å².